The summed E-state index contributed by atoms with van der Waals surface area (Å²) in [6, 6.07) is 8.45. The Morgan fingerprint density at radius 3 is 2.32 bits per heavy atom. The Morgan fingerprint density at radius 1 is 1.06 bits per heavy atom. The van der Waals surface area contributed by atoms with Gasteiger partial charge in [0, 0.05) is 52.4 Å². The van der Waals surface area contributed by atoms with Crippen LogP contribution in [0.4, 0.5) is 13.2 Å². The van der Waals surface area contributed by atoms with E-state index in [4.69, 9.17) is 4.74 Å². The number of hydrogen-bond donors (Lipinski definition) is 2. The monoisotopic (exact) mass is 441 g/mol. The van der Waals surface area contributed by atoms with Crippen molar-refractivity contribution in [3.8, 4) is 0 Å². The first-order valence-corrected chi connectivity index (χ1v) is 10.9. The van der Waals surface area contributed by atoms with Crippen LogP contribution in [0, 0.1) is 0 Å². The number of benzene rings is 1. The smallest absolute Gasteiger partial charge is 0.373 e. The van der Waals surface area contributed by atoms with Crippen molar-refractivity contribution >= 4 is 5.96 Å². The summed E-state index contributed by atoms with van der Waals surface area (Å²) < 4.78 is 43.5. The molecule has 174 valence electrons. The Balaban J connectivity index is 1.42. The fraction of sp³-hybridized carbons (Fsp3) is 0.682. The summed E-state index contributed by atoms with van der Waals surface area (Å²) in [5.41, 5.74) is 2.39. The second-order valence-electron chi connectivity index (χ2n) is 8.67. The van der Waals surface area contributed by atoms with E-state index >= 15 is 0 Å². The number of ether oxygens (including phenoxy) is 1. The second-order valence-corrected chi connectivity index (χ2v) is 8.67. The van der Waals surface area contributed by atoms with Crippen LogP contribution < -0.4 is 10.6 Å². The van der Waals surface area contributed by atoms with Gasteiger partial charge in [0.05, 0.1) is 18.8 Å². The molecule has 1 aromatic carbocycles. The standard InChI is InChI=1S/C22H34F3N5O/c1-16-11-30(12-17(2)31-16)13-19-6-4-18(5-7-19)10-27-21(26-3)28-20-8-9-29(14-20)15-22(23,24)25/h4-7,16-17,20H,8-15H2,1-3H3,(H2,26,27,28). The van der Waals surface area contributed by atoms with Gasteiger partial charge in [0.15, 0.2) is 5.96 Å². The van der Waals surface area contributed by atoms with E-state index in [1.165, 1.54) is 10.5 Å². The van der Waals surface area contributed by atoms with Crippen LogP contribution >= 0.6 is 0 Å². The summed E-state index contributed by atoms with van der Waals surface area (Å²) in [7, 11) is 1.67. The van der Waals surface area contributed by atoms with Crippen molar-refractivity contribution < 1.29 is 17.9 Å². The molecule has 3 rings (SSSR count). The normalized spacial score (nSPS) is 26.3. The van der Waals surface area contributed by atoms with Crippen LogP contribution in [0.3, 0.4) is 0 Å². The molecule has 1 aromatic rings. The number of morpholine rings is 1. The summed E-state index contributed by atoms with van der Waals surface area (Å²) in [6.45, 7) is 7.56. The summed E-state index contributed by atoms with van der Waals surface area (Å²) in [4.78, 5) is 8.06. The van der Waals surface area contributed by atoms with Crippen LogP contribution in [-0.4, -0.2) is 80.0 Å². The number of nitrogens with zero attached hydrogens (tertiary/aromatic N) is 3. The van der Waals surface area contributed by atoms with Gasteiger partial charge < -0.3 is 15.4 Å². The average Bonchev–Trinajstić information content (AvgIpc) is 3.10. The maximum absolute atomic E-state index is 12.6. The van der Waals surface area contributed by atoms with Crippen LogP contribution in [0.1, 0.15) is 31.4 Å². The predicted octanol–water partition coefficient (Wildman–Crippen LogP) is 2.60. The van der Waals surface area contributed by atoms with Gasteiger partial charge in [-0.15, -0.1) is 0 Å². The van der Waals surface area contributed by atoms with E-state index in [0.717, 1.165) is 25.2 Å². The van der Waals surface area contributed by atoms with Gasteiger partial charge in [-0.25, -0.2) is 0 Å². The molecule has 2 N–H and O–H groups in total. The third-order valence-electron chi connectivity index (χ3n) is 5.62. The van der Waals surface area contributed by atoms with Crippen molar-refractivity contribution in [1.82, 2.24) is 20.4 Å². The molecule has 2 aliphatic rings. The third-order valence-corrected chi connectivity index (χ3v) is 5.62. The molecule has 0 radical (unpaired) electrons. The lowest BCUT2D eigenvalue weighted by Crippen LogP contribution is -2.45. The fourth-order valence-electron chi connectivity index (χ4n) is 4.36. The largest absolute Gasteiger partial charge is 0.401 e. The molecule has 0 saturated carbocycles. The highest BCUT2D eigenvalue weighted by Crippen LogP contribution is 2.20. The zero-order valence-electron chi connectivity index (χ0n) is 18.6. The maximum atomic E-state index is 12.6. The molecule has 6 nitrogen and oxygen atoms in total. The molecule has 2 saturated heterocycles. The van der Waals surface area contributed by atoms with Crippen LogP contribution in [0.5, 0.6) is 0 Å². The van der Waals surface area contributed by atoms with E-state index in [9.17, 15) is 13.2 Å². The molecule has 0 bridgehead atoms. The Bertz CT molecular complexity index is 715. The van der Waals surface area contributed by atoms with Crippen molar-refractivity contribution in [3.63, 3.8) is 0 Å². The van der Waals surface area contributed by atoms with Crippen LogP contribution in [0.2, 0.25) is 0 Å². The average molecular weight is 442 g/mol. The van der Waals surface area contributed by atoms with E-state index in [0.29, 0.717) is 32.0 Å². The van der Waals surface area contributed by atoms with Crippen molar-refractivity contribution in [2.24, 2.45) is 4.99 Å². The highest BCUT2D eigenvalue weighted by Gasteiger charge is 2.34. The van der Waals surface area contributed by atoms with E-state index < -0.39 is 12.7 Å². The molecule has 0 aliphatic carbocycles. The molecular formula is C22H34F3N5O. The van der Waals surface area contributed by atoms with Crippen molar-refractivity contribution in [2.75, 3.05) is 39.8 Å². The highest BCUT2D eigenvalue weighted by molar-refractivity contribution is 5.80. The first-order valence-electron chi connectivity index (χ1n) is 10.9. The van der Waals surface area contributed by atoms with Gasteiger partial charge >= 0.3 is 6.18 Å². The number of likely N-dealkylation sites (tertiary alicyclic amines) is 1. The molecule has 3 atom stereocenters. The van der Waals surface area contributed by atoms with E-state index in [1.54, 1.807) is 7.05 Å². The maximum Gasteiger partial charge on any atom is 0.401 e. The molecule has 3 unspecified atom stereocenters. The number of rotatable bonds is 6. The zero-order chi connectivity index (χ0) is 22.4. The van der Waals surface area contributed by atoms with E-state index in [1.807, 2.05) is 0 Å². The molecule has 2 aliphatic heterocycles. The summed E-state index contributed by atoms with van der Waals surface area (Å²) in [6.07, 6.45) is -2.97. The van der Waals surface area contributed by atoms with Gasteiger partial charge in [0.2, 0.25) is 0 Å². The van der Waals surface area contributed by atoms with Crippen molar-refractivity contribution in [1.29, 1.82) is 0 Å². The summed E-state index contributed by atoms with van der Waals surface area (Å²) in [5, 5.41) is 6.50. The number of alkyl halides is 3. The summed E-state index contributed by atoms with van der Waals surface area (Å²) in [5.74, 6) is 0.610. The fourth-order valence-corrected chi connectivity index (χ4v) is 4.36. The van der Waals surface area contributed by atoms with E-state index in [-0.39, 0.29) is 18.2 Å². The van der Waals surface area contributed by atoms with Gasteiger partial charge in [-0.3, -0.25) is 14.8 Å². The summed E-state index contributed by atoms with van der Waals surface area (Å²) >= 11 is 0. The lowest BCUT2D eigenvalue weighted by Gasteiger charge is -2.35. The van der Waals surface area contributed by atoms with Gasteiger partial charge in [-0.2, -0.15) is 13.2 Å². The van der Waals surface area contributed by atoms with Gasteiger partial charge in [0.25, 0.3) is 0 Å². The zero-order valence-corrected chi connectivity index (χ0v) is 18.6. The Labute approximate surface area is 182 Å². The van der Waals surface area contributed by atoms with Gasteiger partial charge in [-0.05, 0) is 31.4 Å². The predicted molar refractivity (Wildman–Crippen MR) is 116 cm³/mol. The Morgan fingerprint density at radius 2 is 1.71 bits per heavy atom. The molecule has 31 heavy (non-hydrogen) atoms. The Hall–Kier alpha value is -1.84. The molecule has 0 amide bonds. The Kier molecular flexibility index (Phi) is 8.18. The van der Waals surface area contributed by atoms with Crippen LogP contribution in [-0.2, 0) is 17.8 Å². The first-order chi connectivity index (χ1) is 14.7. The third kappa shape index (κ3) is 7.97. The number of guanidine groups is 1. The first kappa shape index (κ1) is 23.8. The van der Waals surface area contributed by atoms with E-state index in [2.05, 4.69) is 58.6 Å². The van der Waals surface area contributed by atoms with Gasteiger partial charge in [0.1, 0.15) is 0 Å². The molecule has 0 spiro atoms. The molecule has 2 heterocycles. The van der Waals surface area contributed by atoms with Gasteiger partial charge in [-0.1, -0.05) is 24.3 Å². The van der Waals surface area contributed by atoms with Crippen LogP contribution in [0.25, 0.3) is 0 Å². The number of hydrogen-bond acceptors (Lipinski definition) is 4. The highest BCUT2D eigenvalue weighted by atomic mass is 19.4. The quantitative estimate of drug-likeness (QED) is 0.525. The minimum absolute atomic E-state index is 0.0331. The van der Waals surface area contributed by atoms with Crippen LogP contribution in [0.15, 0.2) is 29.3 Å². The second kappa shape index (κ2) is 10.7. The minimum atomic E-state index is -4.15. The van der Waals surface area contributed by atoms with Crippen molar-refractivity contribution in [2.45, 2.75) is 57.8 Å². The van der Waals surface area contributed by atoms with Crippen molar-refractivity contribution in [3.05, 3.63) is 35.4 Å². The molecular weight excluding hydrogens is 407 g/mol. The lowest BCUT2D eigenvalue weighted by atomic mass is 10.1. The molecule has 0 aromatic heterocycles. The SMILES string of the molecule is CN=C(NCc1ccc(CN2CC(C)OC(C)C2)cc1)NC1CCN(CC(F)(F)F)C1. The molecule has 2 fully saturated rings. The number of nitrogens with one attached hydrogen (secondary N) is 2. The lowest BCUT2D eigenvalue weighted by molar-refractivity contribution is -0.143. The topological polar surface area (TPSA) is 52.1 Å². The number of aliphatic imine (C=N–C) groups is 1. The minimum Gasteiger partial charge on any atom is -0.373 e. The molecule has 9 heteroatoms. The number of halogens is 3.